The smallest absolute Gasteiger partial charge is 0.127 e. The summed E-state index contributed by atoms with van der Waals surface area (Å²) in [5.41, 5.74) is 0.656. The van der Waals surface area contributed by atoms with Gasteiger partial charge in [-0.3, -0.25) is 0 Å². The van der Waals surface area contributed by atoms with Gasteiger partial charge in [0.15, 0.2) is 0 Å². The number of nitrogens with one attached hydrogen (secondary N) is 1. The Hall–Kier alpha value is -1.20. The molecule has 1 N–H and O–H groups in total. The van der Waals surface area contributed by atoms with Gasteiger partial charge in [-0.25, -0.2) is 9.37 Å². The maximum absolute atomic E-state index is 13.6. The van der Waals surface area contributed by atoms with E-state index in [0.29, 0.717) is 18.7 Å². The molecule has 19 heavy (non-hydrogen) atoms. The third-order valence-corrected chi connectivity index (χ3v) is 3.37. The highest BCUT2D eigenvalue weighted by Crippen LogP contribution is 2.15. The third-order valence-electron chi connectivity index (χ3n) is 2.87. The van der Waals surface area contributed by atoms with Crippen LogP contribution < -0.4 is 5.32 Å². The minimum atomic E-state index is -0.187. The number of benzene rings is 1. The third kappa shape index (κ3) is 3.88. The van der Waals surface area contributed by atoms with Gasteiger partial charge in [0.2, 0.25) is 0 Å². The number of hydrogen-bond acceptors (Lipinski definition) is 2. The first-order valence-electron chi connectivity index (χ1n) is 6.35. The van der Waals surface area contributed by atoms with Gasteiger partial charge in [-0.05, 0) is 24.6 Å². The first kappa shape index (κ1) is 14.2. The van der Waals surface area contributed by atoms with Gasteiger partial charge in [-0.15, -0.1) is 0 Å². The molecule has 0 aliphatic heterocycles. The van der Waals surface area contributed by atoms with Crippen molar-refractivity contribution in [1.29, 1.82) is 0 Å². The first-order chi connectivity index (χ1) is 9.20. The van der Waals surface area contributed by atoms with Gasteiger partial charge in [-0.2, -0.15) is 0 Å². The number of halogens is 2. The highest BCUT2D eigenvalue weighted by atomic mass is 79.9. The topological polar surface area (TPSA) is 29.9 Å². The van der Waals surface area contributed by atoms with E-state index in [-0.39, 0.29) is 5.82 Å². The zero-order valence-corrected chi connectivity index (χ0v) is 12.5. The van der Waals surface area contributed by atoms with Gasteiger partial charge in [0.25, 0.3) is 0 Å². The van der Waals surface area contributed by atoms with Crippen LogP contribution in [0.15, 0.2) is 35.1 Å². The van der Waals surface area contributed by atoms with Gasteiger partial charge in [0.05, 0.1) is 6.54 Å². The molecule has 2 rings (SSSR count). The SMILES string of the molecule is CCCn1ccnc1CNCc1cc(Br)ccc1F. The lowest BCUT2D eigenvalue weighted by atomic mass is 10.2. The maximum atomic E-state index is 13.6. The largest absolute Gasteiger partial charge is 0.334 e. The van der Waals surface area contributed by atoms with Crippen molar-refractivity contribution < 1.29 is 4.39 Å². The summed E-state index contributed by atoms with van der Waals surface area (Å²) in [6.45, 7) is 4.22. The van der Waals surface area contributed by atoms with Crippen LogP contribution in [-0.4, -0.2) is 9.55 Å². The van der Waals surface area contributed by atoms with Gasteiger partial charge in [0, 0.05) is 35.5 Å². The molecular formula is C14H17BrFN3. The molecule has 0 atom stereocenters. The number of aromatic nitrogens is 2. The Kier molecular flexibility index (Phi) is 5.10. The van der Waals surface area contributed by atoms with Crippen molar-refractivity contribution in [3.05, 3.63) is 52.3 Å². The molecule has 0 bridgehead atoms. The van der Waals surface area contributed by atoms with Crippen LogP contribution in [0, 0.1) is 5.82 Å². The van der Waals surface area contributed by atoms with Crippen LogP contribution in [-0.2, 0) is 19.6 Å². The quantitative estimate of drug-likeness (QED) is 0.881. The van der Waals surface area contributed by atoms with E-state index in [1.807, 2.05) is 6.20 Å². The lowest BCUT2D eigenvalue weighted by molar-refractivity contribution is 0.563. The lowest BCUT2D eigenvalue weighted by Gasteiger charge is -2.08. The average molecular weight is 326 g/mol. The second kappa shape index (κ2) is 6.82. The highest BCUT2D eigenvalue weighted by molar-refractivity contribution is 9.10. The zero-order valence-electron chi connectivity index (χ0n) is 10.9. The Labute approximate surface area is 121 Å². The van der Waals surface area contributed by atoms with E-state index in [9.17, 15) is 4.39 Å². The summed E-state index contributed by atoms with van der Waals surface area (Å²) in [4.78, 5) is 4.30. The van der Waals surface area contributed by atoms with Gasteiger partial charge in [0.1, 0.15) is 11.6 Å². The lowest BCUT2D eigenvalue weighted by Crippen LogP contribution is -2.17. The summed E-state index contributed by atoms with van der Waals surface area (Å²) < 4.78 is 16.6. The van der Waals surface area contributed by atoms with Crippen LogP contribution in [0.2, 0.25) is 0 Å². The van der Waals surface area contributed by atoms with Crippen molar-refractivity contribution in [2.24, 2.45) is 0 Å². The van der Waals surface area contributed by atoms with E-state index in [2.05, 4.69) is 37.7 Å². The zero-order chi connectivity index (χ0) is 13.7. The molecule has 0 fully saturated rings. The Morgan fingerprint density at radius 3 is 3.00 bits per heavy atom. The molecule has 0 saturated carbocycles. The molecule has 0 spiro atoms. The van der Waals surface area contributed by atoms with E-state index in [0.717, 1.165) is 23.3 Å². The number of imidazole rings is 1. The van der Waals surface area contributed by atoms with Crippen molar-refractivity contribution in [3.8, 4) is 0 Å². The summed E-state index contributed by atoms with van der Waals surface area (Å²) in [5.74, 6) is 0.796. The second-order valence-corrected chi connectivity index (χ2v) is 5.29. The average Bonchev–Trinajstić information content (AvgIpc) is 2.82. The fraction of sp³-hybridized carbons (Fsp3) is 0.357. The van der Waals surface area contributed by atoms with Gasteiger partial charge in [-0.1, -0.05) is 22.9 Å². The maximum Gasteiger partial charge on any atom is 0.127 e. The van der Waals surface area contributed by atoms with Crippen LogP contribution in [0.5, 0.6) is 0 Å². The standard InChI is InChI=1S/C14H17BrFN3/c1-2-6-19-7-5-18-14(19)10-17-9-11-8-12(15)3-4-13(11)16/h3-5,7-8,17H,2,6,9-10H2,1H3. The van der Waals surface area contributed by atoms with Crippen LogP contribution >= 0.6 is 15.9 Å². The number of rotatable bonds is 6. The Morgan fingerprint density at radius 2 is 2.21 bits per heavy atom. The van der Waals surface area contributed by atoms with Crippen LogP contribution in [0.1, 0.15) is 24.7 Å². The molecular weight excluding hydrogens is 309 g/mol. The molecule has 5 heteroatoms. The van der Waals surface area contributed by atoms with Crippen molar-refractivity contribution in [2.75, 3.05) is 0 Å². The van der Waals surface area contributed by atoms with E-state index < -0.39 is 0 Å². The molecule has 1 heterocycles. The molecule has 0 saturated heterocycles. The minimum Gasteiger partial charge on any atom is -0.334 e. The molecule has 0 radical (unpaired) electrons. The molecule has 2 aromatic rings. The summed E-state index contributed by atoms with van der Waals surface area (Å²) in [7, 11) is 0. The molecule has 0 aliphatic carbocycles. The van der Waals surface area contributed by atoms with E-state index in [1.54, 1.807) is 18.3 Å². The highest BCUT2D eigenvalue weighted by Gasteiger charge is 2.04. The van der Waals surface area contributed by atoms with E-state index in [4.69, 9.17) is 0 Å². The molecule has 1 aromatic carbocycles. The fourth-order valence-corrected chi connectivity index (χ4v) is 2.35. The molecule has 1 aromatic heterocycles. The van der Waals surface area contributed by atoms with Crippen LogP contribution in [0.4, 0.5) is 4.39 Å². The predicted octanol–water partition coefficient (Wildman–Crippen LogP) is 3.48. The second-order valence-electron chi connectivity index (χ2n) is 4.38. The van der Waals surface area contributed by atoms with Crippen molar-refractivity contribution in [2.45, 2.75) is 33.0 Å². The van der Waals surface area contributed by atoms with E-state index >= 15 is 0 Å². The Bertz CT molecular complexity index is 539. The number of aryl methyl sites for hydroxylation is 1. The molecule has 0 unspecified atom stereocenters. The van der Waals surface area contributed by atoms with Crippen molar-refractivity contribution in [1.82, 2.24) is 14.9 Å². The van der Waals surface area contributed by atoms with Gasteiger partial charge >= 0.3 is 0 Å². The molecule has 0 amide bonds. The van der Waals surface area contributed by atoms with E-state index in [1.165, 1.54) is 6.07 Å². The minimum absolute atomic E-state index is 0.187. The van der Waals surface area contributed by atoms with Crippen molar-refractivity contribution >= 4 is 15.9 Å². The summed E-state index contributed by atoms with van der Waals surface area (Å²) in [6.07, 6.45) is 4.84. The van der Waals surface area contributed by atoms with Gasteiger partial charge < -0.3 is 9.88 Å². The Balaban J connectivity index is 1.92. The summed E-state index contributed by atoms with van der Waals surface area (Å²) in [5, 5.41) is 3.23. The summed E-state index contributed by atoms with van der Waals surface area (Å²) in [6, 6.07) is 4.97. The molecule has 3 nitrogen and oxygen atoms in total. The van der Waals surface area contributed by atoms with Crippen molar-refractivity contribution in [3.63, 3.8) is 0 Å². The monoisotopic (exact) mass is 325 g/mol. The predicted molar refractivity (Wildman–Crippen MR) is 77.2 cm³/mol. The van der Waals surface area contributed by atoms with Crippen LogP contribution in [0.25, 0.3) is 0 Å². The number of hydrogen-bond donors (Lipinski definition) is 1. The normalized spacial score (nSPS) is 10.9. The number of nitrogens with zero attached hydrogens (tertiary/aromatic N) is 2. The molecule has 0 aliphatic rings. The fourth-order valence-electron chi connectivity index (χ4n) is 1.94. The Morgan fingerprint density at radius 1 is 1.37 bits per heavy atom. The summed E-state index contributed by atoms with van der Waals surface area (Å²) >= 11 is 3.35. The van der Waals surface area contributed by atoms with Crippen LogP contribution in [0.3, 0.4) is 0 Å². The first-order valence-corrected chi connectivity index (χ1v) is 7.14. The molecule has 102 valence electrons.